The van der Waals surface area contributed by atoms with Crippen molar-refractivity contribution < 1.29 is 4.74 Å². The number of nitrogens with zero attached hydrogens (tertiary/aromatic N) is 1. The molecule has 1 aliphatic rings. The Kier molecular flexibility index (Phi) is 3.47. The van der Waals surface area contributed by atoms with Crippen LogP contribution in [0.5, 0.6) is 0 Å². The number of benzene rings is 1. The Morgan fingerprint density at radius 2 is 2.12 bits per heavy atom. The van der Waals surface area contributed by atoms with Gasteiger partial charge >= 0.3 is 0 Å². The fourth-order valence-corrected chi connectivity index (χ4v) is 3.95. The Hall–Kier alpha value is -0.420. The van der Waals surface area contributed by atoms with E-state index in [2.05, 4.69) is 44.4 Å². The Balaban J connectivity index is 1.89. The van der Waals surface area contributed by atoms with Crippen molar-refractivity contribution in [3.63, 3.8) is 0 Å². The Morgan fingerprint density at radius 1 is 1.29 bits per heavy atom. The second kappa shape index (κ2) is 5.06. The number of fused-ring (bicyclic) bond motifs is 1. The molecule has 3 rings (SSSR count). The first-order chi connectivity index (χ1) is 8.34. The summed E-state index contributed by atoms with van der Waals surface area (Å²) in [5, 5.41) is 3.66. The topological polar surface area (TPSA) is 12.5 Å². The van der Waals surface area contributed by atoms with Crippen LogP contribution in [0.3, 0.4) is 0 Å². The van der Waals surface area contributed by atoms with Crippen LogP contribution < -0.4 is 0 Å². The fourth-order valence-electron chi connectivity index (χ4n) is 2.22. The Bertz CT molecular complexity index is 519. The van der Waals surface area contributed by atoms with Crippen molar-refractivity contribution in [1.82, 2.24) is 4.90 Å². The third-order valence-electron chi connectivity index (χ3n) is 3.12. The van der Waals surface area contributed by atoms with E-state index in [1.807, 2.05) is 11.3 Å². The molecule has 0 bridgehead atoms. The van der Waals surface area contributed by atoms with Crippen molar-refractivity contribution >= 4 is 37.4 Å². The molecule has 0 aliphatic carbocycles. The van der Waals surface area contributed by atoms with Gasteiger partial charge in [-0.15, -0.1) is 11.3 Å². The molecule has 1 aromatic heterocycles. The van der Waals surface area contributed by atoms with Crippen LogP contribution in [0.25, 0.3) is 10.1 Å². The van der Waals surface area contributed by atoms with Gasteiger partial charge in [0.1, 0.15) is 0 Å². The molecule has 1 fully saturated rings. The van der Waals surface area contributed by atoms with E-state index >= 15 is 0 Å². The quantitative estimate of drug-likeness (QED) is 0.841. The molecule has 1 saturated heterocycles. The van der Waals surface area contributed by atoms with Gasteiger partial charge < -0.3 is 4.74 Å². The van der Waals surface area contributed by atoms with Crippen LogP contribution in [0, 0.1) is 0 Å². The summed E-state index contributed by atoms with van der Waals surface area (Å²) in [6.45, 7) is 4.85. The molecule has 0 saturated carbocycles. The predicted molar refractivity (Wildman–Crippen MR) is 75.6 cm³/mol. The van der Waals surface area contributed by atoms with E-state index in [9.17, 15) is 0 Å². The normalized spacial score (nSPS) is 17.7. The number of hydrogen-bond donors (Lipinski definition) is 0. The summed E-state index contributed by atoms with van der Waals surface area (Å²) in [7, 11) is 0. The maximum Gasteiger partial charge on any atom is 0.0594 e. The molecule has 4 heteroatoms. The zero-order valence-electron chi connectivity index (χ0n) is 9.49. The maximum absolute atomic E-state index is 5.38. The Morgan fingerprint density at radius 3 is 2.94 bits per heavy atom. The van der Waals surface area contributed by atoms with Gasteiger partial charge in [-0.2, -0.15) is 0 Å². The van der Waals surface area contributed by atoms with Crippen LogP contribution >= 0.6 is 27.3 Å². The first-order valence-corrected chi connectivity index (χ1v) is 7.46. The average Bonchev–Trinajstić information content (AvgIpc) is 2.75. The molecule has 0 spiro atoms. The molecule has 17 heavy (non-hydrogen) atoms. The summed E-state index contributed by atoms with van der Waals surface area (Å²) < 4.78 is 7.95. The van der Waals surface area contributed by atoms with Gasteiger partial charge in [0.15, 0.2) is 0 Å². The van der Waals surface area contributed by atoms with Gasteiger partial charge in [-0.3, -0.25) is 4.90 Å². The number of hydrogen-bond acceptors (Lipinski definition) is 3. The standard InChI is InChI=1S/C13H14BrNOS/c14-11-2-1-3-12-13(11)10(9-17-12)8-15-4-6-16-7-5-15/h1-3,9H,4-8H2. The van der Waals surface area contributed by atoms with E-state index < -0.39 is 0 Å². The van der Waals surface area contributed by atoms with Crippen LogP contribution in [-0.2, 0) is 11.3 Å². The first kappa shape index (κ1) is 11.7. The molecule has 0 atom stereocenters. The van der Waals surface area contributed by atoms with E-state index in [0.717, 1.165) is 32.8 Å². The molecule has 0 N–H and O–H groups in total. The van der Waals surface area contributed by atoms with Crippen molar-refractivity contribution in [3.05, 3.63) is 33.6 Å². The van der Waals surface area contributed by atoms with Gasteiger partial charge in [-0.05, 0) is 23.1 Å². The van der Waals surface area contributed by atoms with Gasteiger partial charge in [-0.1, -0.05) is 22.0 Å². The molecule has 0 unspecified atom stereocenters. The Labute approximate surface area is 113 Å². The minimum Gasteiger partial charge on any atom is -0.379 e. The summed E-state index contributed by atoms with van der Waals surface area (Å²) in [6, 6.07) is 6.41. The number of thiophene rings is 1. The maximum atomic E-state index is 5.38. The number of halogens is 1. The van der Waals surface area contributed by atoms with Gasteiger partial charge in [0, 0.05) is 34.2 Å². The molecule has 2 aromatic rings. The highest BCUT2D eigenvalue weighted by Gasteiger charge is 2.14. The van der Waals surface area contributed by atoms with Crippen LogP contribution in [0.15, 0.2) is 28.1 Å². The first-order valence-electron chi connectivity index (χ1n) is 5.79. The second-order valence-electron chi connectivity index (χ2n) is 4.26. The van der Waals surface area contributed by atoms with Crippen molar-refractivity contribution in [2.24, 2.45) is 0 Å². The monoisotopic (exact) mass is 311 g/mol. The van der Waals surface area contributed by atoms with Gasteiger partial charge in [-0.25, -0.2) is 0 Å². The molecule has 1 aliphatic heterocycles. The zero-order valence-corrected chi connectivity index (χ0v) is 11.9. The average molecular weight is 312 g/mol. The number of morpholine rings is 1. The lowest BCUT2D eigenvalue weighted by Crippen LogP contribution is -2.35. The van der Waals surface area contributed by atoms with Crippen LogP contribution in [0.2, 0.25) is 0 Å². The molecule has 1 aromatic carbocycles. The largest absolute Gasteiger partial charge is 0.379 e. The third kappa shape index (κ3) is 2.40. The lowest BCUT2D eigenvalue weighted by Gasteiger charge is -2.26. The van der Waals surface area contributed by atoms with Crippen molar-refractivity contribution in [3.8, 4) is 0 Å². The third-order valence-corrected chi connectivity index (χ3v) is 4.78. The highest BCUT2D eigenvalue weighted by Crippen LogP contribution is 2.33. The molecular formula is C13H14BrNOS. The van der Waals surface area contributed by atoms with Gasteiger partial charge in [0.25, 0.3) is 0 Å². The summed E-state index contributed by atoms with van der Waals surface area (Å²) in [6.07, 6.45) is 0. The predicted octanol–water partition coefficient (Wildman–Crippen LogP) is 3.50. The highest BCUT2D eigenvalue weighted by atomic mass is 79.9. The lowest BCUT2D eigenvalue weighted by atomic mass is 10.1. The summed E-state index contributed by atoms with van der Waals surface area (Å²) >= 11 is 5.48. The summed E-state index contributed by atoms with van der Waals surface area (Å²) in [5.41, 5.74) is 1.43. The van der Waals surface area contributed by atoms with E-state index in [0.29, 0.717) is 0 Å². The fraction of sp³-hybridized carbons (Fsp3) is 0.385. The lowest BCUT2D eigenvalue weighted by molar-refractivity contribution is 0.0344. The highest BCUT2D eigenvalue weighted by molar-refractivity contribution is 9.10. The number of ether oxygens (including phenoxy) is 1. The summed E-state index contributed by atoms with van der Waals surface area (Å²) in [5.74, 6) is 0. The minimum absolute atomic E-state index is 0.864. The van der Waals surface area contributed by atoms with Crippen LogP contribution in [-0.4, -0.2) is 31.2 Å². The van der Waals surface area contributed by atoms with Crippen LogP contribution in [0.4, 0.5) is 0 Å². The smallest absolute Gasteiger partial charge is 0.0594 e. The van der Waals surface area contributed by atoms with Gasteiger partial charge in [0.05, 0.1) is 13.2 Å². The zero-order chi connectivity index (χ0) is 11.7. The van der Waals surface area contributed by atoms with E-state index in [1.165, 1.54) is 20.1 Å². The molecule has 2 nitrogen and oxygen atoms in total. The van der Waals surface area contributed by atoms with Crippen molar-refractivity contribution in [2.45, 2.75) is 6.54 Å². The summed E-state index contributed by atoms with van der Waals surface area (Å²) in [4.78, 5) is 2.46. The molecule has 0 amide bonds. The molecule has 90 valence electrons. The van der Waals surface area contributed by atoms with Crippen molar-refractivity contribution in [2.75, 3.05) is 26.3 Å². The van der Waals surface area contributed by atoms with E-state index in [4.69, 9.17) is 4.74 Å². The van der Waals surface area contributed by atoms with E-state index in [1.54, 1.807) is 0 Å². The van der Waals surface area contributed by atoms with E-state index in [-0.39, 0.29) is 0 Å². The second-order valence-corrected chi connectivity index (χ2v) is 6.03. The molecule has 2 heterocycles. The number of rotatable bonds is 2. The minimum atomic E-state index is 0.864. The SMILES string of the molecule is Brc1cccc2scc(CN3CCOCC3)c12. The molecular weight excluding hydrogens is 298 g/mol. The van der Waals surface area contributed by atoms with Crippen molar-refractivity contribution in [1.29, 1.82) is 0 Å². The van der Waals surface area contributed by atoms with Gasteiger partial charge in [0.2, 0.25) is 0 Å². The molecule has 0 radical (unpaired) electrons. The van der Waals surface area contributed by atoms with Crippen LogP contribution in [0.1, 0.15) is 5.56 Å².